The molecule has 0 radical (unpaired) electrons. The lowest BCUT2D eigenvalue weighted by Gasteiger charge is -2.22. The van der Waals surface area contributed by atoms with E-state index < -0.39 is 0 Å². The third-order valence-electron chi connectivity index (χ3n) is 2.52. The Morgan fingerprint density at radius 3 is 3.00 bits per heavy atom. The molecule has 0 aromatic carbocycles. The van der Waals surface area contributed by atoms with Gasteiger partial charge in [0.05, 0.1) is 0 Å². The second kappa shape index (κ2) is 4.20. The van der Waals surface area contributed by atoms with Gasteiger partial charge in [0.25, 0.3) is 0 Å². The van der Waals surface area contributed by atoms with E-state index in [0.717, 1.165) is 11.1 Å². The van der Waals surface area contributed by atoms with Crippen LogP contribution in [0.1, 0.15) is 24.3 Å². The third kappa shape index (κ3) is 2.29. The number of halogens is 1. The summed E-state index contributed by atoms with van der Waals surface area (Å²) < 4.78 is 0.917. The summed E-state index contributed by atoms with van der Waals surface area (Å²) in [5, 5.41) is 3.41. The summed E-state index contributed by atoms with van der Waals surface area (Å²) in [6.45, 7) is 2.27. The number of hydrogen-bond acceptors (Lipinski definition) is 2. The highest BCUT2D eigenvalue weighted by molar-refractivity contribution is 9.10. The van der Waals surface area contributed by atoms with E-state index in [2.05, 4.69) is 32.3 Å². The first-order chi connectivity index (χ1) is 6.36. The first-order valence-corrected chi connectivity index (χ1v) is 5.48. The lowest BCUT2D eigenvalue weighted by molar-refractivity contribution is 0.461. The van der Waals surface area contributed by atoms with Gasteiger partial charge in [0, 0.05) is 12.7 Å². The lowest BCUT2D eigenvalue weighted by Crippen LogP contribution is -2.28. The van der Waals surface area contributed by atoms with Crippen molar-refractivity contribution >= 4 is 15.9 Å². The fourth-order valence-electron chi connectivity index (χ4n) is 1.77. The van der Waals surface area contributed by atoms with Gasteiger partial charge >= 0.3 is 0 Å². The quantitative estimate of drug-likeness (QED) is 0.763. The van der Waals surface area contributed by atoms with Crippen molar-refractivity contribution in [1.29, 1.82) is 0 Å². The van der Waals surface area contributed by atoms with Gasteiger partial charge < -0.3 is 5.32 Å². The van der Waals surface area contributed by atoms with Gasteiger partial charge in [-0.3, -0.25) is 0 Å². The molecule has 1 aromatic heterocycles. The zero-order valence-corrected chi connectivity index (χ0v) is 9.05. The molecule has 2 heterocycles. The van der Waals surface area contributed by atoms with Crippen molar-refractivity contribution in [2.45, 2.75) is 18.8 Å². The molecule has 1 saturated heterocycles. The van der Waals surface area contributed by atoms with Crippen LogP contribution in [0.4, 0.5) is 0 Å². The first kappa shape index (κ1) is 9.16. The molecule has 1 atom stereocenters. The molecule has 1 fully saturated rings. The molecule has 0 bridgehead atoms. The number of rotatable bonds is 1. The highest BCUT2D eigenvalue weighted by Crippen LogP contribution is 2.22. The Morgan fingerprint density at radius 2 is 2.38 bits per heavy atom. The number of pyridine rings is 1. The van der Waals surface area contributed by atoms with Crippen LogP contribution in [-0.2, 0) is 0 Å². The minimum atomic E-state index is 0.661. The van der Waals surface area contributed by atoms with Crippen LogP contribution in [0.25, 0.3) is 0 Å². The second-order valence-corrected chi connectivity index (χ2v) is 4.27. The standard InChI is InChI=1S/C10H13BrN2/c11-10-4-3-9(7-13-10)8-2-1-5-12-6-8/h3-4,7-8,12H,1-2,5-6H2/t8-/m0/s1. The van der Waals surface area contributed by atoms with Crippen LogP contribution in [0.3, 0.4) is 0 Å². The maximum absolute atomic E-state index is 4.24. The molecule has 3 heteroatoms. The molecule has 13 heavy (non-hydrogen) atoms. The molecule has 1 N–H and O–H groups in total. The second-order valence-electron chi connectivity index (χ2n) is 3.46. The van der Waals surface area contributed by atoms with Gasteiger partial charge in [-0.05, 0) is 52.9 Å². The SMILES string of the molecule is Brc1ccc([C@H]2CCCNC2)cn1. The van der Waals surface area contributed by atoms with Crippen LogP contribution in [0.2, 0.25) is 0 Å². The van der Waals surface area contributed by atoms with E-state index >= 15 is 0 Å². The van der Waals surface area contributed by atoms with E-state index in [9.17, 15) is 0 Å². The largest absolute Gasteiger partial charge is 0.316 e. The van der Waals surface area contributed by atoms with Crippen LogP contribution in [-0.4, -0.2) is 18.1 Å². The molecule has 70 valence electrons. The van der Waals surface area contributed by atoms with Gasteiger partial charge in [-0.2, -0.15) is 0 Å². The smallest absolute Gasteiger partial charge is 0.106 e. The van der Waals surface area contributed by atoms with Crippen molar-refractivity contribution in [3.05, 3.63) is 28.5 Å². The molecular formula is C10H13BrN2. The van der Waals surface area contributed by atoms with Crippen LogP contribution in [0.15, 0.2) is 22.9 Å². The van der Waals surface area contributed by atoms with E-state index in [1.165, 1.54) is 24.9 Å². The average Bonchev–Trinajstić information content (AvgIpc) is 2.20. The fraction of sp³-hybridized carbons (Fsp3) is 0.500. The zero-order chi connectivity index (χ0) is 9.10. The third-order valence-corrected chi connectivity index (χ3v) is 2.99. The highest BCUT2D eigenvalue weighted by Gasteiger charge is 2.14. The van der Waals surface area contributed by atoms with Crippen molar-refractivity contribution in [3.63, 3.8) is 0 Å². The molecule has 0 spiro atoms. The van der Waals surface area contributed by atoms with Crippen LogP contribution >= 0.6 is 15.9 Å². The monoisotopic (exact) mass is 240 g/mol. The Hall–Kier alpha value is -0.410. The summed E-state index contributed by atoms with van der Waals surface area (Å²) in [6.07, 6.45) is 4.54. The molecule has 0 unspecified atom stereocenters. The Balaban J connectivity index is 2.10. The van der Waals surface area contributed by atoms with Gasteiger partial charge in [0.1, 0.15) is 4.60 Å². The zero-order valence-electron chi connectivity index (χ0n) is 7.46. The van der Waals surface area contributed by atoms with Crippen molar-refractivity contribution in [3.8, 4) is 0 Å². The Morgan fingerprint density at radius 1 is 1.46 bits per heavy atom. The van der Waals surface area contributed by atoms with E-state index in [-0.39, 0.29) is 0 Å². The normalized spacial score (nSPS) is 23.0. The summed E-state index contributed by atoms with van der Waals surface area (Å²) in [7, 11) is 0. The molecule has 1 aliphatic rings. The summed E-state index contributed by atoms with van der Waals surface area (Å²) in [5.41, 5.74) is 1.36. The number of nitrogens with zero attached hydrogens (tertiary/aromatic N) is 1. The summed E-state index contributed by atoms with van der Waals surface area (Å²) in [4.78, 5) is 4.24. The fourth-order valence-corrected chi connectivity index (χ4v) is 2.00. The van der Waals surface area contributed by atoms with Crippen LogP contribution in [0, 0.1) is 0 Å². The van der Waals surface area contributed by atoms with Crippen LogP contribution in [0.5, 0.6) is 0 Å². The topological polar surface area (TPSA) is 24.9 Å². The number of nitrogens with one attached hydrogen (secondary N) is 1. The predicted octanol–water partition coefficient (Wildman–Crippen LogP) is 2.31. The van der Waals surface area contributed by atoms with Crippen molar-refractivity contribution in [2.24, 2.45) is 0 Å². The number of hydrogen-bond donors (Lipinski definition) is 1. The average molecular weight is 241 g/mol. The molecule has 1 aliphatic heterocycles. The van der Waals surface area contributed by atoms with E-state index in [4.69, 9.17) is 0 Å². The number of aromatic nitrogens is 1. The van der Waals surface area contributed by atoms with Gasteiger partial charge in [-0.1, -0.05) is 6.07 Å². The van der Waals surface area contributed by atoms with E-state index in [0.29, 0.717) is 5.92 Å². The predicted molar refractivity (Wildman–Crippen MR) is 56.8 cm³/mol. The summed E-state index contributed by atoms with van der Waals surface area (Å²) in [5.74, 6) is 0.661. The van der Waals surface area contributed by atoms with Gasteiger partial charge in [0.2, 0.25) is 0 Å². The number of piperidine rings is 1. The molecular weight excluding hydrogens is 228 g/mol. The Bertz CT molecular complexity index is 265. The van der Waals surface area contributed by atoms with Crippen molar-refractivity contribution < 1.29 is 0 Å². The first-order valence-electron chi connectivity index (χ1n) is 4.68. The molecule has 2 rings (SSSR count). The molecule has 2 nitrogen and oxygen atoms in total. The molecule has 0 aliphatic carbocycles. The maximum Gasteiger partial charge on any atom is 0.106 e. The molecule has 0 amide bonds. The lowest BCUT2D eigenvalue weighted by atomic mass is 9.93. The maximum atomic E-state index is 4.24. The Labute approximate surface area is 86.9 Å². The van der Waals surface area contributed by atoms with Gasteiger partial charge in [-0.15, -0.1) is 0 Å². The highest BCUT2D eigenvalue weighted by atomic mass is 79.9. The van der Waals surface area contributed by atoms with E-state index in [1.54, 1.807) is 0 Å². The van der Waals surface area contributed by atoms with Gasteiger partial charge in [0.15, 0.2) is 0 Å². The summed E-state index contributed by atoms with van der Waals surface area (Å²) in [6, 6.07) is 4.18. The van der Waals surface area contributed by atoms with Crippen molar-refractivity contribution in [1.82, 2.24) is 10.3 Å². The van der Waals surface area contributed by atoms with Crippen LogP contribution < -0.4 is 5.32 Å². The summed E-state index contributed by atoms with van der Waals surface area (Å²) >= 11 is 3.34. The van der Waals surface area contributed by atoms with Crippen molar-refractivity contribution in [2.75, 3.05) is 13.1 Å². The minimum Gasteiger partial charge on any atom is -0.316 e. The van der Waals surface area contributed by atoms with E-state index in [1.807, 2.05) is 12.3 Å². The van der Waals surface area contributed by atoms with Gasteiger partial charge in [-0.25, -0.2) is 4.98 Å². The minimum absolute atomic E-state index is 0.661. The molecule has 1 aromatic rings. The molecule has 0 saturated carbocycles. The Kier molecular flexibility index (Phi) is 2.96.